The van der Waals surface area contributed by atoms with Crippen LogP contribution in [0.15, 0.2) is 77.9 Å². The number of nitrogens with one attached hydrogen (secondary N) is 1. The van der Waals surface area contributed by atoms with E-state index in [1.54, 1.807) is 18.3 Å². The zero-order chi connectivity index (χ0) is 18.9. The zero-order valence-corrected chi connectivity index (χ0v) is 14.8. The topological polar surface area (TPSA) is 72.5 Å². The van der Waals surface area contributed by atoms with Crippen LogP contribution in [-0.2, 0) is 13.0 Å². The highest BCUT2D eigenvalue weighted by molar-refractivity contribution is 5.77. The number of guanidine groups is 1. The maximum atomic E-state index is 12.9. The Hall–Kier alpha value is -3.41. The molecule has 3 rings (SSSR count). The number of pyridine rings is 1. The molecule has 0 saturated heterocycles. The molecule has 0 saturated carbocycles. The predicted molar refractivity (Wildman–Crippen MR) is 104 cm³/mol. The largest absolute Gasteiger partial charge is 0.457 e. The fourth-order valence-electron chi connectivity index (χ4n) is 2.40. The van der Waals surface area contributed by atoms with Gasteiger partial charge < -0.3 is 15.8 Å². The number of benzene rings is 2. The van der Waals surface area contributed by atoms with E-state index < -0.39 is 0 Å². The van der Waals surface area contributed by atoms with E-state index in [4.69, 9.17) is 10.5 Å². The van der Waals surface area contributed by atoms with E-state index in [1.165, 1.54) is 12.1 Å². The van der Waals surface area contributed by atoms with E-state index in [0.29, 0.717) is 30.5 Å². The quantitative estimate of drug-likeness (QED) is 0.496. The lowest BCUT2D eigenvalue weighted by molar-refractivity contribution is 0.480. The molecule has 0 aliphatic rings. The molecule has 3 aromatic rings. The van der Waals surface area contributed by atoms with Crippen LogP contribution < -0.4 is 15.8 Å². The van der Waals surface area contributed by atoms with Gasteiger partial charge in [0.05, 0.1) is 6.54 Å². The van der Waals surface area contributed by atoms with Crippen molar-refractivity contribution in [1.82, 2.24) is 10.3 Å². The molecule has 0 amide bonds. The second-order valence-electron chi connectivity index (χ2n) is 5.90. The molecular weight excluding hydrogens is 343 g/mol. The van der Waals surface area contributed by atoms with Crippen LogP contribution in [0.5, 0.6) is 11.5 Å². The Kier molecular flexibility index (Phi) is 6.35. The Morgan fingerprint density at radius 1 is 1.00 bits per heavy atom. The molecule has 0 radical (unpaired) electrons. The lowest BCUT2D eigenvalue weighted by Gasteiger charge is -2.07. The summed E-state index contributed by atoms with van der Waals surface area (Å²) >= 11 is 0. The third kappa shape index (κ3) is 6.11. The maximum Gasteiger partial charge on any atom is 0.188 e. The van der Waals surface area contributed by atoms with Crippen LogP contribution in [0.3, 0.4) is 0 Å². The van der Waals surface area contributed by atoms with Crippen molar-refractivity contribution in [3.8, 4) is 11.5 Å². The summed E-state index contributed by atoms with van der Waals surface area (Å²) in [5.41, 5.74) is 7.91. The van der Waals surface area contributed by atoms with E-state index in [1.807, 2.05) is 42.5 Å². The Morgan fingerprint density at radius 2 is 1.70 bits per heavy atom. The molecule has 0 aliphatic heterocycles. The number of nitrogens with two attached hydrogens (primary N) is 1. The minimum atomic E-state index is -0.290. The standard InChI is InChI=1S/C21H21FN4O/c22-17-6-10-20(11-7-17)27-19-8-4-16(5-9-19)15-26-21(23)25-14-12-18-3-1-2-13-24-18/h1-11,13H,12,14-15H2,(H3,23,25,26). The van der Waals surface area contributed by atoms with Crippen molar-refractivity contribution in [3.05, 3.63) is 90.0 Å². The smallest absolute Gasteiger partial charge is 0.188 e. The van der Waals surface area contributed by atoms with Gasteiger partial charge in [0.25, 0.3) is 0 Å². The second kappa shape index (κ2) is 9.33. The van der Waals surface area contributed by atoms with Gasteiger partial charge in [-0.15, -0.1) is 0 Å². The molecule has 0 atom stereocenters. The summed E-state index contributed by atoms with van der Waals surface area (Å²) in [5.74, 6) is 1.37. The van der Waals surface area contributed by atoms with Crippen molar-refractivity contribution in [3.63, 3.8) is 0 Å². The maximum absolute atomic E-state index is 12.9. The Labute approximate surface area is 157 Å². The van der Waals surface area contributed by atoms with Crippen LogP contribution in [0.4, 0.5) is 4.39 Å². The summed E-state index contributed by atoms with van der Waals surface area (Å²) in [6.07, 6.45) is 2.56. The molecule has 5 nitrogen and oxygen atoms in total. The molecular formula is C21H21FN4O. The lowest BCUT2D eigenvalue weighted by atomic mass is 10.2. The minimum Gasteiger partial charge on any atom is -0.457 e. The average molecular weight is 364 g/mol. The van der Waals surface area contributed by atoms with Crippen molar-refractivity contribution in [1.29, 1.82) is 0 Å². The normalized spacial score (nSPS) is 11.2. The van der Waals surface area contributed by atoms with Crippen LogP contribution in [0.25, 0.3) is 0 Å². The van der Waals surface area contributed by atoms with Crippen molar-refractivity contribution in [2.45, 2.75) is 13.0 Å². The van der Waals surface area contributed by atoms with Gasteiger partial charge in [0, 0.05) is 24.9 Å². The first kappa shape index (κ1) is 18.4. The monoisotopic (exact) mass is 364 g/mol. The molecule has 1 aromatic heterocycles. The highest BCUT2D eigenvalue weighted by atomic mass is 19.1. The van der Waals surface area contributed by atoms with Crippen molar-refractivity contribution < 1.29 is 9.13 Å². The number of rotatable bonds is 7. The van der Waals surface area contributed by atoms with Gasteiger partial charge in [-0.1, -0.05) is 18.2 Å². The molecule has 0 bridgehead atoms. The Bertz CT molecular complexity index is 865. The highest BCUT2D eigenvalue weighted by Crippen LogP contribution is 2.22. The molecule has 0 aliphatic carbocycles. The van der Waals surface area contributed by atoms with Crippen LogP contribution in [0.1, 0.15) is 11.3 Å². The summed E-state index contributed by atoms with van der Waals surface area (Å²) in [6, 6.07) is 19.3. The first-order valence-electron chi connectivity index (χ1n) is 8.65. The zero-order valence-electron chi connectivity index (χ0n) is 14.8. The van der Waals surface area contributed by atoms with E-state index >= 15 is 0 Å². The SMILES string of the molecule is NC(=NCc1ccc(Oc2ccc(F)cc2)cc1)NCCc1ccccn1. The number of halogens is 1. The van der Waals surface area contributed by atoms with Gasteiger partial charge >= 0.3 is 0 Å². The Balaban J connectivity index is 1.45. The molecule has 3 N–H and O–H groups in total. The van der Waals surface area contributed by atoms with Crippen molar-refractivity contribution in [2.24, 2.45) is 10.7 Å². The number of aliphatic imine (C=N–C) groups is 1. The fourth-order valence-corrected chi connectivity index (χ4v) is 2.40. The summed E-state index contributed by atoms with van der Waals surface area (Å²) in [7, 11) is 0. The second-order valence-corrected chi connectivity index (χ2v) is 5.90. The molecule has 0 spiro atoms. The molecule has 0 fully saturated rings. The summed E-state index contributed by atoms with van der Waals surface area (Å²) in [4.78, 5) is 8.59. The summed E-state index contributed by atoms with van der Waals surface area (Å²) in [5, 5.41) is 3.08. The van der Waals surface area contributed by atoms with Crippen LogP contribution >= 0.6 is 0 Å². The number of hydrogen-bond donors (Lipinski definition) is 2. The molecule has 27 heavy (non-hydrogen) atoms. The molecule has 6 heteroatoms. The van der Waals surface area contributed by atoms with E-state index in [2.05, 4.69) is 15.3 Å². The van der Waals surface area contributed by atoms with Gasteiger partial charge in [-0.05, 0) is 54.1 Å². The van der Waals surface area contributed by atoms with Crippen LogP contribution in [-0.4, -0.2) is 17.5 Å². The average Bonchev–Trinajstić information content (AvgIpc) is 2.70. The minimum absolute atomic E-state index is 0.290. The van der Waals surface area contributed by atoms with Gasteiger partial charge in [0.15, 0.2) is 5.96 Å². The molecule has 1 heterocycles. The summed E-state index contributed by atoms with van der Waals surface area (Å²) < 4.78 is 18.6. The molecule has 0 unspecified atom stereocenters. The number of hydrogen-bond acceptors (Lipinski definition) is 3. The van der Waals surface area contributed by atoms with Gasteiger partial charge in [0.2, 0.25) is 0 Å². The summed E-state index contributed by atoms with van der Waals surface area (Å²) in [6.45, 7) is 1.15. The first-order chi connectivity index (χ1) is 13.2. The molecule has 2 aromatic carbocycles. The highest BCUT2D eigenvalue weighted by Gasteiger charge is 2.00. The molecule has 138 valence electrons. The van der Waals surface area contributed by atoms with Crippen LogP contribution in [0, 0.1) is 5.82 Å². The fraction of sp³-hybridized carbons (Fsp3) is 0.143. The van der Waals surface area contributed by atoms with E-state index in [0.717, 1.165) is 17.7 Å². The van der Waals surface area contributed by atoms with Gasteiger partial charge in [-0.2, -0.15) is 0 Å². The van der Waals surface area contributed by atoms with Crippen molar-refractivity contribution >= 4 is 5.96 Å². The van der Waals surface area contributed by atoms with Gasteiger partial charge in [-0.3, -0.25) is 4.98 Å². The number of nitrogens with zero attached hydrogens (tertiary/aromatic N) is 2. The van der Waals surface area contributed by atoms with Gasteiger partial charge in [-0.25, -0.2) is 9.38 Å². The third-order valence-corrected chi connectivity index (χ3v) is 3.82. The third-order valence-electron chi connectivity index (χ3n) is 3.82. The van der Waals surface area contributed by atoms with Gasteiger partial charge in [0.1, 0.15) is 17.3 Å². The van der Waals surface area contributed by atoms with Crippen molar-refractivity contribution in [2.75, 3.05) is 6.54 Å². The number of ether oxygens (including phenoxy) is 1. The lowest BCUT2D eigenvalue weighted by Crippen LogP contribution is -2.33. The first-order valence-corrected chi connectivity index (χ1v) is 8.65. The van der Waals surface area contributed by atoms with E-state index in [-0.39, 0.29) is 5.82 Å². The number of aromatic nitrogens is 1. The Morgan fingerprint density at radius 3 is 2.37 bits per heavy atom. The predicted octanol–water partition coefficient (Wildman–Crippen LogP) is 3.66. The van der Waals surface area contributed by atoms with E-state index in [9.17, 15) is 4.39 Å². The van der Waals surface area contributed by atoms with Crippen LogP contribution in [0.2, 0.25) is 0 Å².